The highest BCUT2D eigenvalue weighted by molar-refractivity contribution is 5.77. The Morgan fingerprint density at radius 1 is 1.47 bits per heavy atom. The molecule has 1 fully saturated rings. The van der Waals surface area contributed by atoms with Gasteiger partial charge in [-0.2, -0.15) is 4.98 Å². The van der Waals surface area contributed by atoms with Gasteiger partial charge in [0.15, 0.2) is 5.82 Å². The molecule has 0 radical (unpaired) electrons. The van der Waals surface area contributed by atoms with Crippen LogP contribution in [0.5, 0.6) is 0 Å². The second-order valence-electron chi connectivity index (χ2n) is 5.06. The van der Waals surface area contributed by atoms with Gasteiger partial charge in [0.2, 0.25) is 5.89 Å². The average Bonchev–Trinajstić information content (AvgIpc) is 2.77. The van der Waals surface area contributed by atoms with Gasteiger partial charge >= 0.3 is 0 Å². The molecular formula is C13H20N2O2. The van der Waals surface area contributed by atoms with E-state index in [0.717, 1.165) is 24.6 Å². The van der Waals surface area contributed by atoms with Crippen LogP contribution in [0.3, 0.4) is 0 Å². The Morgan fingerprint density at radius 3 is 3.00 bits per heavy atom. The van der Waals surface area contributed by atoms with E-state index in [2.05, 4.69) is 17.1 Å². The molecule has 1 aliphatic rings. The third kappa shape index (κ3) is 3.14. The lowest BCUT2D eigenvalue weighted by Crippen LogP contribution is -2.14. The SMILES string of the molecule is CCC1CCCC(c2noc(CC(C)=O)n2)C1. The topological polar surface area (TPSA) is 56.0 Å². The van der Waals surface area contributed by atoms with Crippen molar-refractivity contribution in [3.05, 3.63) is 11.7 Å². The van der Waals surface area contributed by atoms with Crippen molar-refractivity contribution in [3.8, 4) is 0 Å². The number of Topliss-reactive ketones (excluding diaryl/α,β-unsaturated/α-hetero) is 1. The van der Waals surface area contributed by atoms with Crippen LogP contribution in [0.25, 0.3) is 0 Å². The summed E-state index contributed by atoms with van der Waals surface area (Å²) in [4.78, 5) is 15.3. The summed E-state index contributed by atoms with van der Waals surface area (Å²) in [5, 5.41) is 4.02. The van der Waals surface area contributed by atoms with Crippen LogP contribution in [0.15, 0.2) is 4.52 Å². The van der Waals surface area contributed by atoms with E-state index in [1.54, 1.807) is 0 Å². The minimum Gasteiger partial charge on any atom is -0.339 e. The van der Waals surface area contributed by atoms with Crippen LogP contribution in [0, 0.1) is 5.92 Å². The van der Waals surface area contributed by atoms with Crippen LogP contribution in [0.2, 0.25) is 0 Å². The van der Waals surface area contributed by atoms with Crippen LogP contribution < -0.4 is 0 Å². The van der Waals surface area contributed by atoms with E-state index in [-0.39, 0.29) is 12.2 Å². The van der Waals surface area contributed by atoms with Gasteiger partial charge < -0.3 is 4.52 Å². The molecule has 1 aromatic rings. The van der Waals surface area contributed by atoms with Gasteiger partial charge in [0, 0.05) is 5.92 Å². The van der Waals surface area contributed by atoms with Crippen molar-refractivity contribution in [1.82, 2.24) is 10.1 Å². The number of hydrogen-bond donors (Lipinski definition) is 0. The van der Waals surface area contributed by atoms with Gasteiger partial charge in [0.1, 0.15) is 5.78 Å². The smallest absolute Gasteiger partial charge is 0.234 e. The number of nitrogens with zero attached hydrogens (tertiary/aromatic N) is 2. The van der Waals surface area contributed by atoms with Gasteiger partial charge in [0.05, 0.1) is 6.42 Å². The van der Waals surface area contributed by atoms with Crippen molar-refractivity contribution in [2.75, 3.05) is 0 Å². The second kappa shape index (κ2) is 5.43. The first-order chi connectivity index (χ1) is 8.19. The molecule has 2 atom stereocenters. The zero-order chi connectivity index (χ0) is 12.3. The van der Waals surface area contributed by atoms with Gasteiger partial charge in [-0.25, -0.2) is 0 Å². The highest BCUT2D eigenvalue weighted by Crippen LogP contribution is 2.36. The molecule has 94 valence electrons. The molecule has 2 unspecified atom stereocenters. The van der Waals surface area contributed by atoms with Crippen LogP contribution in [0.1, 0.15) is 63.6 Å². The molecule has 1 aromatic heterocycles. The quantitative estimate of drug-likeness (QED) is 0.806. The number of carbonyl (C=O) groups excluding carboxylic acids is 1. The zero-order valence-corrected chi connectivity index (χ0v) is 10.6. The van der Waals surface area contributed by atoms with Crippen molar-refractivity contribution < 1.29 is 9.32 Å². The molecule has 0 aromatic carbocycles. The minimum atomic E-state index is 0.0651. The van der Waals surface area contributed by atoms with Crippen LogP contribution >= 0.6 is 0 Å². The van der Waals surface area contributed by atoms with Gasteiger partial charge in [-0.3, -0.25) is 4.79 Å². The predicted octanol–water partition coefficient (Wildman–Crippen LogP) is 2.88. The van der Waals surface area contributed by atoms with Gasteiger partial charge in [-0.1, -0.05) is 31.3 Å². The second-order valence-corrected chi connectivity index (χ2v) is 5.06. The Labute approximate surface area is 102 Å². The van der Waals surface area contributed by atoms with E-state index in [1.165, 1.54) is 26.2 Å². The van der Waals surface area contributed by atoms with Crippen molar-refractivity contribution in [2.45, 2.75) is 58.3 Å². The summed E-state index contributed by atoms with van der Waals surface area (Å²) < 4.78 is 5.12. The fourth-order valence-corrected chi connectivity index (χ4v) is 2.61. The molecule has 0 saturated heterocycles. The molecule has 0 aliphatic heterocycles. The Balaban J connectivity index is 2.01. The molecule has 0 N–H and O–H groups in total. The summed E-state index contributed by atoms with van der Waals surface area (Å²) >= 11 is 0. The maximum absolute atomic E-state index is 11.0. The number of carbonyl (C=O) groups is 1. The summed E-state index contributed by atoms with van der Waals surface area (Å²) in [5.41, 5.74) is 0. The van der Waals surface area contributed by atoms with E-state index in [9.17, 15) is 4.79 Å². The third-order valence-corrected chi connectivity index (χ3v) is 3.61. The monoisotopic (exact) mass is 236 g/mol. The summed E-state index contributed by atoms with van der Waals surface area (Å²) in [6, 6.07) is 0. The fraction of sp³-hybridized carbons (Fsp3) is 0.769. The molecule has 0 bridgehead atoms. The van der Waals surface area contributed by atoms with E-state index >= 15 is 0 Å². The average molecular weight is 236 g/mol. The Kier molecular flexibility index (Phi) is 3.92. The Bertz CT molecular complexity index is 387. The first-order valence-electron chi connectivity index (χ1n) is 6.51. The molecule has 4 heteroatoms. The van der Waals surface area contributed by atoms with Gasteiger partial charge in [0.25, 0.3) is 0 Å². The molecule has 1 heterocycles. The van der Waals surface area contributed by atoms with Gasteiger partial charge in [-0.05, 0) is 25.7 Å². The molecule has 2 rings (SSSR count). The molecule has 1 aliphatic carbocycles. The number of hydrogen-bond acceptors (Lipinski definition) is 4. The first kappa shape index (κ1) is 12.3. The largest absolute Gasteiger partial charge is 0.339 e. The number of ketones is 1. The predicted molar refractivity (Wildman–Crippen MR) is 63.7 cm³/mol. The van der Waals surface area contributed by atoms with Crippen LogP contribution in [-0.2, 0) is 11.2 Å². The molecular weight excluding hydrogens is 216 g/mol. The van der Waals surface area contributed by atoms with E-state index < -0.39 is 0 Å². The lowest BCUT2D eigenvalue weighted by molar-refractivity contribution is -0.116. The molecule has 17 heavy (non-hydrogen) atoms. The molecule has 0 spiro atoms. The highest BCUT2D eigenvalue weighted by atomic mass is 16.5. The molecule has 1 saturated carbocycles. The lowest BCUT2D eigenvalue weighted by Gasteiger charge is -2.26. The van der Waals surface area contributed by atoms with Crippen LogP contribution in [-0.4, -0.2) is 15.9 Å². The number of aromatic nitrogens is 2. The summed E-state index contributed by atoms with van der Waals surface area (Å²) in [6.07, 6.45) is 6.38. The maximum Gasteiger partial charge on any atom is 0.234 e. The summed E-state index contributed by atoms with van der Waals surface area (Å²) in [5.74, 6) is 2.56. The van der Waals surface area contributed by atoms with Crippen LogP contribution in [0.4, 0.5) is 0 Å². The van der Waals surface area contributed by atoms with E-state index in [4.69, 9.17) is 4.52 Å². The fourth-order valence-electron chi connectivity index (χ4n) is 2.61. The van der Waals surface area contributed by atoms with Crippen molar-refractivity contribution in [1.29, 1.82) is 0 Å². The lowest BCUT2D eigenvalue weighted by atomic mass is 9.80. The van der Waals surface area contributed by atoms with E-state index in [0.29, 0.717) is 11.8 Å². The standard InChI is InChI=1S/C13H20N2O2/c1-3-10-5-4-6-11(8-10)13-14-12(17-15-13)7-9(2)16/h10-11H,3-8H2,1-2H3. The first-order valence-corrected chi connectivity index (χ1v) is 6.51. The van der Waals surface area contributed by atoms with Gasteiger partial charge in [-0.15, -0.1) is 0 Å². The van der Waals surface area contributed by atoms with Crippen molar-refractivity contribution in [3.63, 3.8) is 0 Å². The zero-order valence-electron chi connectivity index (χ0n) is 10.6. The number of rotatable bonds is 4. The Morgan fingerprint density at radius 2 is 2.29 bits per heavy atom. The molecule has 0 amide bonds. The summed E-state index contributed by atoms with van der Waals surface area (Å²) in [7, 11) is 0. The minimum absolute atomic E-state index is 0.0651. The van der Waals surface area contributed by atoms with E-state index in [1.807, 2.05) is 0 Å². The van der Waals surface area contributed by atoms with Crippen molar-refractivity contribution >= 4 is 5.78 Å². The highest BCUT2D eigenvalue weighted by Gasteiger charge is 2.25. The maximum atomic E-state index is 11.0. The van der Waals surface area contributed by atoms with Crippen molar-refractivity contribution in [2.24, 2.45) is 5.92 Å². The molecule has 4 nitrogen and oxygen atoms in total. The third-order valence-electron chi connectivity index (χ3n) is 3.61. The Hall–Kier alpha value is -1.19. The normalized spacial score (nSPS) is 24.8. The summed E-state index contributed by atoms with van der Waals surface area (Å²) in [6.45, 7) is 3.78.